The molecule has 626 valence electrons. The molecule has 1 atom stereocenters. The van der Waals surface area contributed by atoms with Crippen LogP contribution in [0.4, 0.5) is 34.1 Å². The molecule has 0 radical (unpaired) electrons. The van der Waals surface area contributed by atoms with Crippen LogP contribution in [-0.4, -0.2) is 0 Å². The van der Waals surface area contributed by atoms with Gasteiger partial charge in [-0.05, 0) is 294 Å². The highest BCUT2D eigenvalue weighted by Crippen LogP contribution is 2.62. The molecule has 1 unspecified atom stereocenters. The molecule has 2 heteroatoms. The van der Waals surface area contributed by atoms with Crippen LogP contribution in [0.3, 0.4) is 0 Å². The number of hydrogen-bond donors (Lipinski definition) is 0. The summed E-state index contributed by atoms with van der Waals surface area (Å²) in [6, 6.07) is 114. The Hall–Kier alpha value is -10.5. The molecule has 18 rings (SSSR count). The average molecular weight is 1610 g/mol. The van der Waals surface area contributed by atoms with Crippen LogP contribution in [0.5, 0.6) is 0 Å². The van der Waals surface area contributed by atoms with E-state index in [1.54, 1.807) is 11.1 Å². The number of hydrogen-bond acceptors (Lipinski definition) is 2. The normalized spacial score (nSPS) is 14.4. The Balaban J connectivity index is 0.713. The van der Waals surface area contributed by atoms with Crippen molar-refractivity contribution in [1.29, 1.82) is 0 Å². The molecule has 0 N–H and O–H groups in total. The highest BCUT2D eigenvalue weighted by atomic mass is 15.1. The van der Waals surface area contributed by atoms with Gasteiger partial charge in [0.25, 0.3) is 0 Å². The maximum Gasteiger partial charge on any atom is 0.0714 e. The summed E-state index contributed by atoms with van der Waals surface area (Å²) in [5.41, 5.74) is 41.7. The average Bonchev–Trinajstić information content (AvgIpc) is 1.53. The van der Waals surface area contributed by atoms with Gasteiger partial charge in [0.05, 0.1) is 5.41 Å². The van der Waals surface area contributed by atoms with Crippen LogP contribution in [0.15, 0.2) is 285 Å². The lowest BCUT2D eigenvalue weighted by Crippen LogP contribution is -2.30. The summed E-state index contributed by atoms with van der Waals surface area (Å²) in [6.45, 7) is 14.1. The van der Waals surface area contributed by atoms with Crippen molar-refractivity contribution in [3.05, 3.63) is 357 Å². The molecule has 123 heavy (non-hydrogen) atoms. The molecule has 0 bridgehead atoms. The van der Waals surface area contributed by atoms with Crippen molar-refractivity contribution in [3.63, 3.8) is 0 Å². The summed E-state index contributed by atoms with van der Waals surface area (Å²) >= 11 is 0. The summed E-state index contributed by atoms with van der Waals surface area (Å²) in [5.74, 6) is 0.460. The number of rotatable bonds is 41. The molecule has 5 aliphatic rings. The number of unbranched alkanes of at least 4 members (excludes halogenated alkanes) is 20. The van der Waals surface area contributed by atoms with Gasteiger partial charge in [0.1, 0.15) is 0 Å². The first kappa shape index (κ1) is 83.4. The second-order valence-electron chi connectivity index (χ2n) is 37.6. The zero-order chi connectivity index (χ0) is 83.7. The second-order valence-corrected chi connectivity index (χ2v) is 37.6. The number of aryl methyl sites for hydroxylation is 4. The molecule has 0 amide bonds. The van der Waals surface area contributed by atoms with Crippen LogP contribution < -0.4 is 9.80 Å². The largest absolute Gasteiger partial charge is 0.310 e. The minimum atomic E-state index is -0.464. The monoisotopic (exact) mass is 1610 g/mol. The van der Waals surface area contributed by atoms with Crippen LogP contribution >= 0.6 is 0 Å². The lowest BCUT2D eigenvalue weighted by atomic mass is 9.65. The van der Waals surface area contributed by atoms with Crippen molar-refractivity contribution < 1.29 is 0 Å². The van der Waals surface area contributed by atoms with Crippen LogP contribution in [0, 0.1) is 0 Å². The Morgan fingerprint density at radius 1 is 0.236 bits per heavy atom. The van der Waals surface area contributed by atoms with Crippen LogP contribution in [-0.2, 0) is 41.9 Å². The van der Waals surface area contributed by atoms with Crippen molar-refractivity contribution in [3.8, 4) is 66.8 Å². The van der Waals surface area contributed by atoms with Crippen LogP contribution in [0.1, 0.15) is 306 Å². The van der Waals surface area contributed by atoms with Gasteiger partial charge >= 0.3 is 0 Å². The third kappa shape index (κ3) is 16.4. The summed E-state index contributed by atoms with van der Waals surface area (Å²) in [6.07, 6.45) is 41.2. The SMILES string of the molecule is CCCCCCCCC1(CCCCCCCC)c2cc(-c3ccccc3)ccc2-c2ccc(-c3ccc(N(c4ccccc4)c4ccc5c(c4)C(CCCCCCCC)(CCCCCCCC)c4cc(N(c6ccccc6)c6ccc(-c7ccc8c(c7)C(c7ccc9c(c7)CC9)(c7ccc9c(c7)CC9)c7cc(C(C)CC)ccc7-8)cc6)ccc4-5)cc3)cc21. The predicted molar refractivity (Wildman–Crippen MR) is 527 cm³/mol. The molecule has 13 aromatic rings. The smallest absolute Gasteiger partial charge is 0.0714 e. The molecular weight excluding hydrogens is 1480 g/mol. The first-order valence-corrected chi connectivity index (χ1v) is 48.8. The summed E-state index contributed by atoms with van der Waals surface area (Å²) in [7, 11) is 0. The molecular formula is C121H132N2. The van der Waals surface area contributed by atoms with Gasteiger partial charge < -0.3 is 9.80 Å². The third-order valence-corrected chi connectivity index (χ3v) is 30.0. The molecule has 0 saturated heterocycles. The fourth-order valence-corrected chi connectivity index (χ4v) is 22.8. The van der Waals surface area contributed by atoms with E-state index in [0.717, 1.165) is 37.8 Å². The zero-order valence-corrected chi connectivity index (χ0v) is 74.9. The first-order valence-electron chi connectivity index (χ1n) is 48.8. The maximum absolute atomic E-state index is 2.67. The van der Waals surface area contributed by atoms with E-state index in [4.69, 9.17) is 0 Å². The van der Waals surface area contributed by atoms with E-state index in [2.05, 4.69) is 336 Å². The summed E-state index contributed by atoms with van der Waals surface area (Å²) < 4.78 is 0. The molecule has 0 heterocycles. The molecule has 0 spiro atoms. The maximum atomic E-state index is 2.67. The van der Waals surface area contributed by atoms with Gasteiger partial charge in [0.2, 0.25) is 0 Å². The van der Waals surface area contributed by atoms with Crippen LogP contribution in [0.25, 0.3) is 66.8 Å². The van der Waals surface area contributed by atoms with Crippen LogP contribution in [0.2, 0.25) is 0 Å². The van der Waals surface area contributed by atoms with E-state index in [9.17, 15) is 0 Å². The topological polar surface area (TPSA) is 6.48 Å². The quantitative estimate of drug-likeness (QED) is 0.0353. The van der Waals surface area contributed by atoms with Gasteiger partial charge in [-0.1, -0.05) is 390 Å². The minimum Gasteiger partial charge on any atom is -0.310 e. The third-order valence-electron chi connectivity index (χ3n) is 30.0. The van der Waals surface area contributed by atoms with Gasteiger partial charge in [0.15, 0.2) is 0 Å². The van der Waals surface area contributed by atoms with E-state index in [1.807, 2.05) is 0 Å². The Bertz CT molecular complexity index is 5700. The van der Waals surface area contributed by atoms with Crippen molar-refractivity contribution in [2.24, 2.45) is 0 Å². The second kappa shape index (κ2) is 37.9. The Morgan fingerprint density at radius 3 is 0.894 bits per heavy atom. The Kier molecular flexibility index (Phi) is 25.7. The van der Waals surface area contributed by atoms with Gasteiger partial charge in [0, 0.05) is 45.0 Å². The number of para-hydroxylation sites is 2. The molecule has 0 aliphatic heterocycles. The lowest BCUT2D eigenvalue weighted by molar-refractivity contribution is 0.398. The fourth-order valence-electron chi connectivity index (χ4n) is 22.8. The Labute approximate surface area is 738 Å². The lowest BCUT2D eigenvalue weighted by Gasteiger charge is -2.37. The molecule has 5 aliphatic carbocycles. The minimum absolute atomic E-state index is 0.0483. The van der Waals surface area contributed by atoms with Crippen molar-refractivity contribution >= 4 is 34.1 Å². The van der Waals surface area contributed by atoms with Gasteiger partial charge in [-0.25, -0.2) is 0 Å². The van der Waals surface area contributed by atoms with E-state index in [0.29, 0.717) is 5.92 Å². The first-order chi connectivity index (χ1) is 60.7. The van der Waals surface area contributed by atoms with Gasteiger partial charge in [-0.15, -0.1) is 0 Å². The standard InChI is InChI=1S/C121H132N2/c1-7-12-16-20-24-37-75-119(76-38-25-21-17-13-8-2)113-82-96(88-41-31-28-32-42-88)58-70-107(113)108-71-59-97(83-114(108)119)91-53-63-103(64-54-91)122(101-43-33-29-34-44-101)105-67-73-109-110-74-68-106(86-116(110)120(115(109)85-105,77-39-26-22-18-14-9-3)78-40-27-23-19-15-10-4)123(102-45-35-30-36-46-102)104-65-55-92(56-66-104)98-60-72-112-111-69-57-93(87(6)11-5)81-117(111)121(118(112)84-98,99-61-51-89-47-49-94(89)79-99)100-62-52-90-48-50-95(90)80-100/h28-36,41-46,51-74,79-87H,7-27,37-40,47-50,75-78H2,1-6H3. The Morgan fingerprint density at radius 2 is 0.528 bits per heavy atom. The fraction of sp³-hybridized carbons (Fsp3) is 0.355. The zero-order valence-electron chi connectivity index (χ0n) is 74.9. The summed E-state index contributed by atoms with van der Waals surface area (Å²) in [4.78, 5) is 5.12. The van der Waals surface area contributed by atoms with Crippen molar-refractivity contribution in [2.75, 3.05) is 9.80 Å². The highest BCUT2D eigenvalue weighted by molar-refractivity contribution is 5.93. The van der Waals surface area contributed by atoms with E-state index < -0.39 is 5.41 Å². The molecule has 2 nitrogen and oxygen atoms in total. The number of anilines is 6. The van der Waals surface area contributed by atoms with Gasteiger partial charge in [-0.3, -0.25) is 0 Å². The number of benzene rings is 13. The predicted octanol–water partition coefficient (Wildman–Crippen LogP) is 35.2. The molecule has 0 saturated carbocycles. The van der Waals surface area contributed by atoms with Crippen molar-refractivity contribution in [2.45, 2.75) is 276 Å². The van der Waals surface area contributed by atoms with E-state index in [-0.39, 0.29) is 10.8 Å². The van der Waals surface area contributed by atoms with E-state index in [1.165, 1.54) is 336 Å². The van der Waals surface area contributed by atoms with E-state index >= 15 is 0 Å². The molecule has 0 aromatic heterocycles. The van der Waals surface area contributed by atoms with Crippen molar-refractivity contribution in [1.82, 2.24) is 0 Å². The summed E-state index contributed by atoms with van der Waals surface area (Å²) in [5, 5.41) is 0. The van der Waals surface area contributed by atoms with Gasteiger partial charge in [-0.2, -0.15) is 0 Å². The number of nitrogens with zero attached hydrogens (tertiary/aromatic N) is 2. The molecule has 0 fully saturated rings. The highest BCUT2D eigenvalue weighted by Gasteiger charge is 2.49. The number of fused-ring (bicyclic) bond motifs is 11. The molecule has 13 aromatic carbocycles.